The van der Waals surface area contributed by atoms with Gasteiger partial charge in [-0.05, 0) is 49.3 Å². The molecule has 3 heteroatoms. The zero-order chi connectivity index (χ0) is 15.1. The molecule has 0 N–H and O–H groups in total. The summed E-state index contributed by atoms with van der Waals surface area (Å²) < 4.78 is 5.63. The molecule has 1 heterocycles. The second-order valence-corrected chi connectivity index (χ2v) is 6.10. The lowest BCUT2D eigenvalue weighted by molar-refractivity contribution is -0.133. The molecule has 21 heavy (non-hydrogen) atoms. The summed E-state index contributed by atoms with van der Waals surface area (Å²) in [7, 11) is 0. The highest BCUT2D eigenvalue weighted by atomic mass is 16.5. The van der Waals surface area contributed by atoms with Gasteiger partial charge in [-0.15, -0.1) is 0 Å². The molecule has 0 aromatic heterocycles. The van der Waals surface area contributed by atoms with Gasteiger partial charge in [0.2, 0.25) is 0 Å². The third-order valence-corrected chi connectivity index (χ3v) is 4.19. The van der Waals surface area contributed by atoms with Gasteiger partial charge in [-0.3, -0.25) is 4.79 Å². The first-order chi connectivity index (χ1) is 10.2. The molecule has 1 aromatic rings. The molecule has 0 aliphatic carbocycles. The number of aryl methyl sites for hydroxylation is 1. The highest BCUT2D eigenvalue weighted by molar-refractivity contribution is 5.77. The SMILES string of the molecule is CCCc1ccc(OCC(=O)N2CCCC(C)CC2)cc1. The molecule has 116 valence electrons. The zero-order valence-electron chi connectivity index (χ0n) is 13.3. The molecule has 1 aromatic carbocycles. The largest absolute Gasteiger partial charge is 0.484 e. The average Bonchev–Trinajstić information content (AvgIpc) is 2.71. The molecule has 1 amide bonds. The van der Waals surface area contributed by atoms with E-state index in [-0.39, 0.29) is 12.5 Å². The van der Waals surface area contributed by atoms with Gasteiger partial charge >= 0.3 is 0 Å². The van der Waals surface area contributed by atoms with Gasteiger partial charge < -0.3 is 9.64 Å². The van der Waals surface area contributed by atoms with Gasteiger partial charge in [-0.2, -0.15) is 0 Å². The average molecular weight is 289 g/mol. The molecule has 2 rings (SSSR count). The van der Waals surface area contributed by atoms with Crippen LogP contribution >= 0.6 is 0 Å². The zero-order valence-corrected chi connectivity index (χ0v) is 13.3. The number of benzene rings is 1. The number of carbonyl (C=O) groups is 1. The maximum Gasteiger partial charge on any atom is 0.260 e. The van der Waals surface area contributed by atoms with E-state index in [1.54, 1.807) is 0 Å². The number of amides is 1. The topological polar surface area (TPSA) is 29.5 Å². The van der Waals surface area contributed by atoms with E-state index in [1.807, 2.05) is 17.0 Å². The summed E-state index contributed by atoms with van der Waals surface area (Å²) >= 11 is 0. The summed E-state index contributed by atoms with van der Waals surface area (Å²) in [6, 6.07) is 8.08. The molecule has 0 spiro atoms. The van der Waals surface area contributed by atoms with Crippen molar-refractivity contribution in [3.8, 4) is 5.75 Å². The first-order valence-corrected chi connectivity index (χ1v) is 8.18. The van der Waals surface area contributed by atoms with Gasteiger partial charge in [0.15, 0.2) is 6.61 Å². The minimum atomic E-state index is 0.113. The van der Waals surface area contributed by atoms with E-state index in [9.17, 15) is 4.79 Å². The van der Waals surface area contributed by atoms with Crippen molar-refractivity contribution in [2.75, 3.05) is 19.7 Å². The summed E-state index contributed by atoms with van der Waals surface area (Å²) in [5.41, 5.74) is 1.32. The maximum absolute atomic E-state index is 12.2. The molecule has 3 nitrogen and oxygen atoms in total. The summed E-state index contributed by atoms with van der Waals surface area (Å²) in [6.07, 6.45) is 5.68. The van der Waals surface area contributed by atoms with Crippen molar-refractivity contribution in [3.63, 3.8) is 0 Å². The fraction of sp³-hybridized carbons (Fsp3) is 0.611. The third-order valence-electron chi connectivity index (χ3n) is 4.19. The van der Waals surface area contributed by atoms with E-state index in [0.29, 0.717) is 0 Å². The first-order valence-electron chi connectivity index (χ1n) is 8.18. The van der Waals surface area contributed by atoms with Crippen molar-refractivity contribution in [2.45, 2.75) is 46.0 Å². The van der Waals surface area contributed by atoms with E-state index in [2.05, 4.69) is 26.0 Å². The Hall–Kier alpha value is -1.51. The van der Waals surface area contributed by atoms with Gasteiger partial charge in [0.05, 0.1) is 0 Å². The first kappa shape index (κ1) is 15.9. The Morgan fingerprint density at radius 2 is 2.00 bits per heavy atom. The number of rotatable bonds is 5. The Bertz CT molecular complexity index is 441. The van der Waals surface area contributed by atoms with Crippen LogP contribution in [0.25, 0.3) is 0 Å². The van der Waals surface area contributed by atoms with Crippen molar-refractivity contribution in [3.05, 3.63) is 29.8 Å². The van der Waals surface area contributed by atoms with Crippen molar-refractivity contribution >= 4 is 5.91 Å². The van der Waals surface area contributed by atoms with Gasteiger partial charge in [-0.25, -0.2) is 0 Å². The molecule has 1 atom stereocenters. The van der Waals surface area contributed by atoms with E-state index in [0.717, 1.165) is 50.4 Å². The molecular weight excluding hydrogens is 262 g/mol. The monoisotopic (exact) mass is 289 g/mol. The second kappa shape index (κ2) is 8.06. The number of ether oxygens (including phenoxy) is 1. The van der Waals surface area contributed by atoms with Crippen LogP contribution in [0.1, 0.15) is 45.1 Å². The Balaban J connectivity index is 1.80. The van der Waals surface area contributed by atoms with Crippen LogP contribution in [0.3, 0.4) is 0 Å². The van der Waals surface area contributed by atoms with Crippen molar-refractivity contribution in [2.24, 2.45) is 5.92 Å². The van der Waals surface area contributed by atoms with Crippen LogP contribution in [0.4, 0.5) is 0 Å². The molecule has 1 saturated heterocycles. The third kappa shape index (κ3) is 5.07. The van der Waals surface area contributed by atoms with Crippen LogP contribution in [0.5, 0.6) is 5.75 Å². The lowest BCUT2D eigenvalue weighted by Crippen LogP contribution is -2.35. The Morgan fingerprint density at radius 1 is 1.24 bits per heavy atom. The van der Waals surface area contributed by atoms with Gasteiger partial charge in [-0.1, -0.05) is 32.4 Å². The quantitative estimate of drug-likeness (QED) is 0.828. The predicted molar refractivity (Wildman–Crippen MR) is 85.5 cm³/mol. The number of nitrogens with zero attached hydrogens (tertiary/aromatic N) is 1. The normalized spacial score (nSPS) is 19.1. The van der Waals surface area contributed by atoms with Crippen LogP contribution < -0.4 is 4.74 Å². The number of carbonyl (C=O) groups excluding carboxylic acids is 1. The van der Waals surface area contributed by atoms with Crippen LogP contribution in [-0.4, -0.2) is 30.5 Å². The van der Waals surface area contributed by atoms with E-state index >= 15 is 0 Å². The van der Waals surface area contributed by atoms with Gasteiger partial charge in [0.1, 0.15) is 5.75 Å². The standard InChI is InChI=1S/C18H27NO2/c1-3-5-16-7-9-17(10-8-16)21-14-18(20)19-12-4-6-15(2)11-13-19/h7-10,15H,3-6,11-14H2,1-2H3. The lowest BCUT2D eigenvalue weighted by atomic mass is 10.0. The van der Waals surface area contributed by atoms with E-state index in [4.69, 9.17) is 4.74 Å². The fourth-order valence-corrected chi connectivity index (χ4v) is 2.79. The molecule has 0 saturated carbocycles. The van der Waals surface area contributed by atoms with E-state index < -0.39 is 0 Å². The highest BCUT2D eigenvalue weighted by Gasteiger charge is 2.18. The molecule has 1 aliphatic heterocycles. The second-order valence-electron chi connectivity index (χ2n) is 6.10. The predicted octanol–water partition coefficient (Wildman–Crippen LogP) is 3.67. The van der Waals surface area contributed by atoms with Crippen LogP contribution in [0, 0.1) is 5.92 Å². The fourth-order valence-electron chi connectivity index (χ4n) is 2.79. The van der Waals surface area contributed by atoms with Crippen molar-refractivity contribution < 1.29 is 9.53 Å². The smallest absolute Gasteiger partial charge is 0.260 e. The molecule has 0 bridgehead atoms. The number of hydrogen-bond donors (Lipinski definition) is 0. The van der Waals surface area contributed by atoms with Gasteiger partial charge in [0, 0.05) is 13.1 Å². The number of hydrogen-bond acceptors (Lipinski definition) is 2. The van der Waals surface area contributed by atoms with Crippen LogP contribution in [-0.2, 0) is 11.2 Å². The minimum Gasteiger partial charge on any atom is -0.484 e. The van der Waals surface area contributed by atoms with Crippen LogP contribution in [0.2, 0.25) is 0 Å². The molecule has 1 fully saturated rings. The van der Waals surface area contributed by atoms with Crippen molar-refractivity contribution in [1.29, 1.82) is 0 Å². The number of likely N-dealkylation sites (tertiary alicyclic amines) is 1. The highest BCUT2D eigenvalue weighted by Crippen LogP contribution is 2.17. The Kier molecular flexibility index (Phi) is 6.09. The summed E-state index contributed by atoms with van der Waals surface area (Å²) in [4.78, 5) is 14.2. The lowest BCUT2D eigenvalue weighted by Gasteiger charge is -2.20. The maximum atomic E-state index is 12.2. The van der Waals surface area contributed by atoms with Crippen LogP contribution in [0.15, 0.2) is 24.3 Å². The van der Waals surface area contributed by atoms with Gasteiger partial charge in [0.25, 0.3) is 5.91 Å². The van der Waals surface area contributed by atoms with Crippen molar-refractivity contribution in [1.82, 2.24) is 4.90 Å². The molecule has 1 unspecified atom stereocenters. The summed E-state index contributed by atoms with van der Waals surface area (Å²) in [5.74, 6) is 1.63. The minimum absolute atomic E-state index is 0.113. The molecule has 0 radical (unpaired) electrons. The Morgan fingerprint density at radius 3 is 2.71 bits per heavy atom. The summed E-state index contributed by atoms with van der Waals surface area (Å²) in [5, 5.41) is 0. The molecule has 1 aliphatic rings. The molecular formula is C18H27NO2. The summed E-state index contributed by atoms with van der Waals surface area (Å²) in [6.45, 7) is 6.34. The van der Waals surface area contributed by atoms with E-state index in [1.165, 1.54) is 12.0 Å². The Labute approximate surface area is 128 Å².